The van der Waals surface area contributed by atoms with Crippen LogP contribution in [0.1, 0.15) is 123 Å². The van der Waals surface area contributed by atoms with E-state index in [1.165, 1.54) is 89.9 Å². The number of unbranched alkanes of at least 4 members (excludes halogenated alkanes) is 13. The summed E-state index contributed by atoms with van der Waals surface area (Å²) in [6.45, 7) is 6.51. The molecule has 146 valence electrons. The van der Waals surface area contributed by atoms with E-state index in [4.69, 9.17) is 0 Å². The van der Waals surface area contributed by atoms with Crippen molar-refractivity contribution in [1.82, 2.24) is 10.1 Å². The Hall–Kier alpha value is -1.06. The molecular formula is C21H40N2O2. The number of hydrogen-bond donors (Lipinski definition) is 1. The summed E-state index contributed by atoms with van der Waals surface area (Å²) in [5.74, 6) is 0.219. The van der Waals surface area contributed by atoms with Crippen LogP contribution in [0.3, 0.4) is 0 Å². The SMILES string of the molecule is CCCCCCCCCCCCCCCCC(C)(C)c1noc(=O)[nH]1. The molecule has 4 heteroatoms. The molecule has 0 spiro atoms. The molecule has 0 saturated heterocycles. The standard InChI is InChI=1S/C21H40N2O2/c1-4-5-6-7-8-9-10-11-12-13-14-15-16-17-18-21(2,3)19-22-20(24)25-23-19/h4-18H2,1-3H3,(H,22,23,24). The van der Waals surface area contributed by atoms with Gasteiger partial charge < -0.3 is 0 Å². The molecule has 0 aliphatic rings. The van der Waals surface area contributed by atoms with Crippen molar-refractivity contribution >= 4 is 0 Å². The van der Waals surface area contributed by atoms with Gasteiger partial charge in [0.1, 0.15) is 0 Å². The topological polar surface area (TPSA) is 58.9 Å². The van der Waals surface area contributed by atoms with Crippen LogP contribution in [0.4, 0.5) is 0 Å². The van der Waals surface area contributed by atoms with E-state index >= 15 is 0 Å². The van der Waals surface area contributed by atoms with Crippen molar-refractivity contribution in [3.63, 3.8) is 0 Å². The van der Waals surface area contributed by atoms with Gasteiger partial charge in [0.2, 0.25) is 0 Å². The Morgan fingerprint density at radius 1 is 0.800 bits per heavy atom. The highest BCUT2D eigenvalue weighted by molar-refractivity contribution is 4.99. The first-order valence-corrected chi connectivity index (χ1v) is 10.6. The summed E-state index contributed by atoms with van der Waals surface area (Å²) >= 11 is 0. The van der Waals surface area contributed by atoms with Crippen LogP contribution in [0, 0.1) is 0 Å². The monoisotopic (exact) mass is 352 g/mol. The molecular weight excluding hydrogens is 312 g/mol. The molecule has 25 heavy (non-hydrogen) atoms. The summed E-state index contributed by atoms with van der Waals surface area (Å²) in [5.41, 5.74) is -0.108. The van der Waals surface area contributed by atoms with Crippen molar-refractivity contribution in [2.45, 2.75) is 122 Å². The van der Waals surface area contributed by atoms with Crippen molar-refractivity contribution in [1.29, 1.82) is 0 Å². The van der Waals surface area contributed by atoms with Crippen LogP contribution in [0.2, 0.25) is 0 Å². The Morgan fingerprint density at radius 3 is 1.64 bits per heavy atom. The molecule has 0 unspecified atom stereocenters. The first-order valence-electron chi connectivity index (χ1n) is 10.6. The Kier molecular flexibility index (Phi) is 11.6. The number of aromatic amines is 1. The van der Waals surface area contributed by atoms with Crippen LogP contribution in [-0.2, 0) is 5.41 Å². The second-order valence-electron chi connectivity index (χ2n) is 8.17. The van der Waals surface area contributed by atoms with E-state index in [-0.39, 0.29) is 5.41 Å². The average Bonchev–Trinajstić information content (AvgIpc) is 3.02. The lowest BCUT2D eigenvalue weighted by Crippen LogP contribution is -2.20. The zero-order valence-corrected chi connectivity index (χ0v) is 16.9. The molecule has 0 saturated carbocycles. The van der Waals surface area contributed by atoms with Crippen molar-refractivity contribution in [2.75, 3.05) is 0 Å². The summed E-state index contributed by atoms with van der Waals surface area (Å²) in [6, 6.07) is 0. The maximum atomic E-state index is 11.1. The minimum absolute atomic E-state index is 0.108. The molecule has 1 rings (SSSR count). The van der Waals surface area contributed by atoms with E-state index in [2.05, 4.69) is 35.4 Å². The molecule has 0 fully saturated rings. The van der Waals surface area contributed by atoms with Gasteiger partial charge in [0.05, 0.1) is 0 Å². The zero-order valence-electron chi connectivity index (χ0n) is 16.9. The van der Waals surface area contributed by atoms with Gasteiger partial charge in [-0.25, -0.2) is 4.79 Å². The van der Waals surface area contributed by atoms with Crippen molar-refractivity contribution in [2.24, 2.45) is 0 Å². The molecule has 0 aromatic carbocycles. The summed E-state index contributed by atoms with van der Waals surface area (Å²) in [6.07, 6.45) is 20.3. The molecule has 1 N–H and O–H groups in total. The molecule has 0 aliphatic carbocycles. The highest BCUT2D eigenvalue weighted by Crippen LogP contribution is 2.26. The third-order valence-electron chi connectivity index (χ3n) is 5.24. The molecule has 0 aliphatic heterocycles. The Labute approximate surface area is 154 Å². The highest BCUT2D eigenvalue weighted by Gasteiger charge is 2.24. The second kappa shape index (κ2) is 13.2. The third-order valence-corrected chi connectivity index (χ3v) is 5.24. The smallest absolute Gasteiger partial charge is 0.296 e. The Balaban J connectivity index is 1.88. The van der Waals surface area contributed by atoms with E-state index in [9.17, 15) is 4.79 Å². The largest absolute Gasteiger partial charge is 0.438 e. The maximum absolute atomic E-state index is 11.1. The normalized spacial score (nSPS) is 12.0. The molecule has 0 amide bonds. The fourth-order valence-electron chi connectivity index (χ4n) is 3.40. The zero-order chi connectivity index (χ0) is 18.4. The van der Waals surface area contributed by atoms with Gasteiger partial charge in [-0.05, 0) is 6.42 Å². The number of H-pyrrole nitrogens is 1. The number of rotatable bonds is 16. The van der Waals surface area contributed by atoms with Gasteiger partial charge in [-0.3, -0.25) is 9.51 Å². The number of nitrogens with zero attached hydrogens (tertiary/aromatic N) is 1. The van der Waals surface area contributed by atoms with Gasteiger partial charge in [0.15, 0.2) is 5.82 Å². The van der Waals surface area contributed by atoms with E-state index in [0.29, 0.717) is 5.82 Å². The molecule has 0 radical (unpaired) electrons. The van der Waals surface area contributed by atoms with Crippen molar-refractivity contribution < 1.29 is 4.52 Å². The van der Waals surface area contributed by atoms with E-state index in [1.807, 2.05) is 0 Å². The van der Waals surface area contributed by atoms with Crippen molar-refractivity contribution in [3.8, 4) is 0 Å². The van der Waals surface area contributed by atoms with Crippen LogP contribution in [0.25, 0.3) is 0 Å². The van der Waals surface area contributed by atoms with Gasteiger partial charge in [-0.2, -0.15) is 0 Å². The third kappa shape index (κ3) is 10.5. The number of nitrogens with one attached hydrogen (secondary N) is 1. The van der Waals surface area contributed by atoms with Gasteiger partial charge >= 0.3 is 5.76 Å². The Bertz CT molecular complexity index is 476. The molecule has 1 aromatic heterocycles. The van der Waals surface area contributed by atoms with Crippen LogP contribution < -0.4 is 5.76 Å². The number of aromatic nitrogens is 2. The van der Waals surface area contributed by atoms with Gasteiger partial charge in [0.25, 0.3) is 0 Å². The lowest BCUT2D eigenvalue weighted by molar-refractivity contribution is 0.353. The summed E-state index contributed by atoms with van der Waals surface area (Å²) in [7, 11) is 0. The molecule has 0 bridgehead atoms. The minimum atomic E-state index is -0.455. The summed E-state index contributed by atoms with van der Waals surface area (Å²) < 4.78 is 4.61. The summed E-state index contributed by atoms with van der Waals surface area (Å²) in [4.78, 5) is 13.7. The molecule has 1 aromatic rings. The highest BCUT2D eigenvalue weighted by atomic mass is 16.5. The van der Waals surface area contributed by atoms with E-state index in [1.54, 1.807) is 0 Å². The fourth-order valence-corrected chi connectivity index (χ4v) is 3.40. The number of hydrogen-bond acceptors (Lipinski definition) is 3. The lowest BCUT2D eigenvalue weighted by Gasteiger charge is -2.20. The van der Waals surface area contributed by atoms with Crippen LogP contribution in [0.15, 0.2) is 9.32 Å². The minimum Gasteiger partial charge on any atom is -0.296 e. The maximum Gasteiger partial charge on any atom is 0.438 e. The molecule has 0 atom stereocenters. The molecule has 4 nitrogen and oxygen atoms in total. The van der Waals surface area contributed by atoms with Gasteiger partial charge in [-0.1, -0.05) is 116 Å². The average molecular weight is 353 g/mol. The van der Waals surface area contributed by atoms with Crippen LogP contribution in [0.5, 0.6) is 0 Å². The predicted octanol–water partition coefficient (Wildman–Crippen LogP) is 6.51. The lowest BCUT2D eigenvalue weighted by atomic mass is 9.86. The van der Waals surface area contributed by atoms with Crippen molar-refractivity contribution in [3.05, 3.63) is 16.4 Å². The van der Waals surface area contributed by atoms with Crippen LogP contribution in [-0.4, -0.2) is 10.1 Å². The second-order valence-corrected chi connectivity index (χ2v) is 8.17. The van der Waals surface area contributed by atoms with E-state index in [0.717, 1.165) is 6.42 Å². The molecule has 1 heterocycles. The Morgan fingerprint density at radius 2 is 1.24 bits per heavy atom. The summed E-state index contributed by atoms with van der Waals surface area (Å²) in [5, 5.41) is 3.83. The first-order chi connectivity index (χ1) is 12.1. The first kappa shape index (κ1) is 22.0. The van der Waals surface area contributed by atoms with Crippen LogP contribution >= 0.6 is 0 Å². The van der Waals surface area contributed by atoms with Gasteiger partial charge in [0, 0.05) is 5.41 Å². The fraction of sp³-hybridized carbons (Fsp3) is 0.905. The van der Waals surface area contributed by atoms with Gasteiger partial charge in [-0.15, -0.1) is 0 Å². The quantitative estimate of drug-likeness (QED) is 0.345. The predicted molar refractivity (Wildman–Crippen MR) is 105 cm³/mol. The van der Waals surface area contributed by atoms with E-state index < -0.39 is 5.76 Å².